The molecule has 1 aliphatic rings. The zero-order chi connectivity index (χ0) is 10.7. The number of hydrogen-bond acceptors (Lipinski definition) is 1. The second-order valence-electron chi connectivity index (χ2n) is 4.30. The molecule has 15 heavy (non-hydrogen) atoms. The molecule has 1 radical (unpaired) electrons. The maximum absolute atomic E-state index is 5.60. The predicted octanol–water partition coefficient (Wildman–Crippen LogP) is 2.91. The summed E-state index contributed by atoms with van der Waals surface area (Å²) in [6, 6.07) is 8.79. The Morgan fingerprint density at radius 1 is 1.27 bits per heavy atom. The second-order valence-corrected chi connectivity index (χ2v) is 4.30. The van der Waals surface area contributed by atoms with Crippen LogP contribution in [-0.4, -0.2) is 12.6 Å². The molecule has 1 saturated heterocycles. The van der Waals surface area contributed by atoms with Crippen LogP contribution in [0.25, 0.3) is 0 Å². The Balaban J connectivity index is 2.03. The average Bonchev–Trinajstić information content (AvgIpc) is 2.71. The third kappa shape index (κ3) is 2.72. The van der Waals surface area contributed by atoms with E-state index in [4.69, 9.17) is 4.74 Å². The highest BCUT2D eigenvalue weighted by molar-refractivity contribution is 5.29. The van der Waals surface area contributed by atoms with Gasteiger partial charge in [-0.05, 0) is 44.4 Å². The average molecular weight is 204 g/mol. The van der Waals surface area contributed by atoms with Crippen molar-refractivity contribution in [2.75, 3.05) is 6.54 Å². The van der Waals surface area contributed by atoms with Gasteiger partial charge in [0, 0.05) is 12.6 Å². The van der Waals surface area contributed by atoms with Crippen molar-refractivity contribution < 1.29 is 4.74 Å². The van der Waals surface area contributed by atoms with Crippen LogP contribution in [0.4, 0.5) is 0 Å². The molecule has 0 bridgehead atoms. The van der Waals surface area contributed by atoms with Crippen LogP contribution in [0.1, 0.15) is 38.3 Å². The molecule has 1 aliphatic heterocycles. The van der Waals surface area contributed by atoms with Crippen LogP contribution in [0.3, 0.4) is 0 Å². The van der Waals surface area contributed by atoms with E-state index in [1.54, 1.807) is 0 Å². The van der Waals surface area contributed by atoms with E-state index in [2.05, 4.69) is 17.4 Å². The molecular formula is C13H18NO. The van der Waals surface area contributed by atoms with Crippen molar-refractivity contribution in [1.82, 2.24) is 5.32 Å². The van der Waals surface area contributed by atoms with Gasteiger partial charge in [-0.1, -0.05) is 12.1 Å². The Labute approximate surface area is 91.6 Å². The van der Waals surface area contributed by atoms with Crippen molar-refractivity contribution in [2.24, 2.45) is 0 Å². The van der Waals surface area contributed by atoms with Crippen LogP contribution in [0, 0.1) is 0 Å². The van der Waals surface area contributed by atoms with E-state index in [1.165, 1.54) is 18.4 Å². The summed E-state index contributed by atoms with van der Waals surface area (Å²) in [6.45, 7) is 5.11. The van der Waals surface area contributed by atoms with Gasteiger partial charge in [0.05, 0.1) is 6.10 Å². The molecule has 1 unspecified atom stereocenters. The summed E-state index contributed by atoms with van der Waals surface area (Å²) < 4.78 is 5.60. The number of ether oxygens (including phenoxy) is 1. The summed E-state index contributed by atoms with van der Waals surface area (Å²) in [5.74, 6) is 0.951. The number of nitrogens with zero attached hydrogens (tertiary/aromatic N) is 1. The molecule has 0 amide bonds. The maximum Gasteiger partial charge on any atom is 0.119 e. The molecule has 1 atom stereocenters. The monoisotopic (exact) mass is 204 g/mol. The molecule has 2 rings (SSSR count). The number of rotatable bonds is 3. The van der Waals surface area contributed by atoms with Crippen molar-refractivity contribution in [3.05, 3.63) is 29.8 Å². The topological polar surface area (TPSA) is 23.3 Å². The fourth-order valence-electron chi connectivity index (χ4n) is 1.94. The van der Waals surface area contributed by atoms with Gasteiger partial charge in [-0.2, -0.15) is 0 Å². The van der Waals surface area contributed by atoms with Crippen LogP contribution in [0.2, 0.25) is 0 Å². The Morgan fingerprint density at radius 3 is 2.53 bits per heavy atom. The second kappa shape index (κ2) is 4.67. The first-order valence-corrected chi connectivity index (χ1v) is 5.69. The van der Waals surface area contributed by atoms with Crippen LogP contribution in [0.15, 0.2) is 24.3 Å². The minimum atomic E-state index is 0.243. The summed E-state index contributed by atoms with van der Waals surface area (Å²) in [5.41, 5.74) is 1.32. The fraction of sp³-hybridized carbons (Fsp3) is 0.538. The third-order valence-electron chi connectivity index (χ3n) is 2.62. The Hall–Kier alpha value is -1.02. The lowest BCUT2D eigenvalue weighted by atomic mass is 10.1. The summed E-state index contributed by atoms with van der Waals surface area (Å²) in [5, 5.41) is 4.56. The maximum atomic E-state index is 5.60. The van der Waals surface area contributed by atoms with Gasteiger partial charge in [-0.15, -0.1) is 0 Å². The van der Waals surface area contributed by atoms with Crippen LogP contribution in [0.5, 0.6) is 5.75 Å². The lowest BCUT2D eigenvalue weighted by molar-refractivity contribution is 0.242. The molecule has 0 N–H and O–H groups in total. The van der Waals surface area contributed by atoms with Crippen molar-refractivity contribution >= 4 is 0 Å². The van der Waals surface area contributed by atoms with Gasteiger partial charge in [-0.3, -0.25) is 0 Å². The van der Waals surface area contributed by atoms with Crippen LogP contribution >= 0.6 is 0 Å². The molecular weight excluding hydrogens is 186 g/mol. The molecule has 1 heterocycles. The Kier molecular flexibility index (Phi) is 3.27. The summed E-state index contributed by atoms with van der Waals surface area (Å²) in [7, 11) is 0. The minimum Gasteiger partial charge on any atom is -0.491 e. The van der Waals surface area contributed by atoms with E-state index in [1.807, 2.05) is 26.0 Å². The van der Waals surface area contributed by atoms with Gasteiger partial charge in [0.1, 0.15) is 5.75 Å². The van der Waals surface area contributed by atoms with E-state index in [0.29, 0.717) is 6.04 Å². The molecule has 1 aromatic rings. The highest BCUT2D eigenvalue weighted by Gasteiger charge is 2.17. The van der Waals surface area contributed by atoms with Crippen LogP contribution in [-0.2, 0) is 0 Å². The van der Waals surface area contributed by atoms with Crippen molar-refractivity contribution in [3.8, 4) is 5.75 Å². The van der Waals surface area contributed by atoms with Gasteiger partial charge in [0.2, 0.25) is 0 Å². The first-order valence-electron chi connectivity index (χ1n) is 5.69. The molecule has 1 aromatic carbocycles. The van der Waals surface area contributed by atoms with Crippen molar-refractivity contribution in [3.63, 3.8) is 0 Å². The fourth-order valence-corrected chi connectivity index (χ4v) is 1.94. The lowest BCUT2D eigenvalue weighted by Crippen LogP contribution is -2.07. The largest absolute Gasteiger partial charge is 0.491 e. The Bertz CT molecular complexity index is 299. The first kappa shape index (κ1) is 10.5. The predicted molar refractivity (Wildman–Crippen MR) is 61.2 cm³/mol. The number of hydrogen-bond donors (Lipinski definition) is 0. The molecule has 0 saturated carbocycles. The normalized spacial score (nSPS) is 20.9. The molecule has 81 valence electrons. The molecule has 0 aromatic heterocycles. The number of benzene rings is 1. The highest BCUT2D eigenvalue weighted by Crippen LogP contribution is 2.26. The van der Waals surface area contributed by atoms with Crippen molar-refractivity contribution in [2.45, 2.75) is 38.8 Å². The van der Waals surface area contributed by atoms with E-state index in [0.717, 1.165) is 12.3 Å². The highest BCUT2D eigenvalue weighted by atomic mass is 16.5. The van der Waals surface area contributed by atoms with Gasteiger partial charge in [0.15, 0.2) is 0 Å². The van der Waals surface area contributed by atoms with Crippen molar-refractivity contribution in [1.29, 1.82) is 0 Å². The van der Waals surface area contributed by atoms with E-state index in [-0.39, 0.29) is 6.10 Å². The molecule has 0 spiro atoms. The third-order valence-corrected chi connectivity index (χ3v) is 2.62. The molecule has 2 heteroatoms. The minimum absolute atomic E-state index is 0.243. The zero-order valence-electron chi connectivity index (χ0n) is 9.44. The molecule has 0 aliphatic carbocycles. The van der Waals surface area contributed by atoms with E-state index >= 15 is 0 Å². The van der Waals surface area contributed by atoms with E-state index < -0.39 is 0 Å². The zero-order valence-corrected chi connectivity index (χ0v) is 9.44. The quantitative estimate of drug-likeness (QED) is 0.742. The van der Waals surface area contributed by atoms with Gasteiger partial charge in [-0.25, -0.2) is 5.32 Å². The smallest absolute Gasteiger partial charge is 0.119 e. The standard InChI is InChI=1S/C13H18NO/c1-10(2)15-12-7-5-11(6-8-12)13-4-3-9-14-13/h5-8,10,13H,3-4,9H2,1-2H3. The van der Waals surface area contributed by atoms with Gasteiger partial charge < -0.3 is 4.74 Å². The Morgan fingerprint density at radius 2 is 2.00 bits per heavy atom. The first-order chi connectivity index (χ1) is 7.25. The van der Waals surface area contributed by atoms with Gasteiger partial charge >= 0.3 is 0 Å². The van der Waals surface area contributed by atoms with Gasteiger partial charge in [0.25, 0.3) is 0 Å². The van der Waals surface area contributed by atoms with E-state index in [9.17, 15) is 0 Å². The van der Waals surface area contributed by atoms with Crippen LogP contribution < -0.4 is 10.1 Å². The summed E-state index contributed by atoms with van der Waals surface area (Å²) in [4.78, 5) is 0. The lowest BCUT2D eigenvalue weighted by Gasteiger charge is -2.12. The molecule has 1 fully saturated rings. The SMILES string of the molecule is CC(C)Oc1ccc(C2CCC[N]2)cc1. The summed E-state index contributed by atoms with van der Waals surface area (Å²) in [6.07, 6.45) is 2.67. The summed E-state index contributed by atoms with van der Waals surface area (Å²) >= 11 is 0. The molecule has 2 nitrogen and oxygen atoms in total.